The average molecular weight is 322 g/mol. The highest BCUT2D eigenvalue weighted by Gasteiger charge is 2.46. The highest BCUT2D eigenvalue weighted by Crippen LogP contribution is 2.34. The fourth-order valence-corrected chi connectivity index (χ4v) is 6.31. The molecule has 0 spiro atoms. The number of benzene rings is 1. The summed E-state index contributed by atoms with van der Waals surface area (Å²) in [7, 11) is 0.244. The van der Waals surface area contributed by atoms with E-state index in [0.717, 1.165) is 24.3 Å². The van der Waals surface area contributed by atoms with E-state index in [1.165, 1.54) is 24.3 Å². The van der Waals surface area contributed by atoms with Gasteiger partial charge >= 0.3 is 0 Å². The van der Waals surface area contributed by atoms with Crippen molar-refractivity contribution in [1.29, 1.82) is 0 Å². The van der Waals surface area contributed by atoms with Crippen LogP contribution < -0.4 is 4.74 Å². The van der Waals surface area contributed by atoms with E-state index in [9.17, 15) is 4.79 Å². The molecule has 2 nitrogen and oxygen atoms in total. The Bertz CT molecular complexity index is 481. The maximum absolute atomic E-state index is 13.1. The third-order valence-corrected chi connectivity index (χ3v) is 7.25. The quantitative estimate of drug-likeness (QED) is 0.570. The Morgan fingerprint density at radius 1 is 1.18 bits per heavy atom. The lowest BCUT2D eigenvalue weighted by Gasteiger charge is -2.27. The molecule has 0 radical (unpaired) electrons. The van der Waals surface area contributed by atoms with Crippen molar-refractivity contribution >= 4 is 16.7 Å². The molecule has 2 rings (SSSR count). The molecule has 22 heavy (non-hydrogen) atoms. The Morgan fingerprint density at radius 3 is 2.27 bits per heavy atom. The largest absolute Gasteiger partial charge is 0.494 e. The van der Waals surface area contributed by atoms with Crippen LogP contribution in [0.1, 0.15) is 57.3 Å². The highest BCUT2D eigenvalue weighted by atomic mass is 32.2. The fraction of sp³-hybridized carbons (Fsp3) is 0.632. The Balaban J connectivity index is 2.16. The standard InChI is InChI=1S/C19H29O2S/c1-5-12-21-16-10-8-15(9-11-16)17(20)18(19(2,3)4)22-13-6-7-14-22/h8-11,18H,5-7,12-14H2,1-4H3/q+1. The molecule has 1 atom stereocenters. The first-order chi connectivity index (χ1) is 10.4. The Kier molecular flexibility index (Phi) is 5.96. The van der Waals surface area contributed by atoms with Crippen LogP contribution in [0.4, 0.5) is 0 Å². The van der Waals surface area contributed by atoms with Gasteiger partial charge in [-0.15, -0.1) is 0 Å². The van der Waals surface area contributed by atoms with Crippen molar-refractivity contribution in [2.45, 2.75) is 52.2 Å². The lowest BCUT2D eigenvalue weighted by atomic mass is 9.87. The second kappa shape index (κ2) is 7.54. The smallest absolute Gasteiger partial charge is 0.215 e. The predicted molar refractivity (Wildman–Crippen MR) is 96.1 cm³/mol. The van der Waals surface area contributed by atoms with Crippen LogP contribution in [0.5, 0.6) is 5.75 Å². The zero-order chi connectivity index (χ0) is 16.2. The molecule has 1 heterocycles. The number of Topliss-reactive ketones (excluding diaryl/α,β-unsaturated/α-hetero) is 1. The summed E-state index contributed by atoms with van der Waals surface area (Å²) in [5, 5.41) is 0.150. The van der Waals surface area contributed by atoms with Gasteiger partial charge in [-0.2, -0.15) is 0 Å². The van der Waals surface area contributed by atoms with Gasteiger partial charge in [0.2, 0.25) is 5.78 Å². The zero-order valence-corrected chi connectivity index (χ0v) is 15.2. The van der Waals surface area contributed by atoms with Crippen LogP contribution in [0.2, 0.25) is 0 Å². The van der Waals surface area contributed by atoms with Crippen molar-refractivity contribution in [1.82, 2.24) is 0 Å². The van der Waals surface area contributed by atoms with Crippen LogP contribution in [0.25, 0.3) is 0 Å². The molecular weight excluding hydrogens is 292 g/mol. The number of hydrogen-bond acceptors (Lipinski definition) is 2. The van der Waals surface area contributed by atoms with Crippen LogP contribution in [0.15, 0.2) is 24.3 Å². The molecule has 0 bridgehead atoms. The summed E-state index contributed by atoms with van der Waals surface area (Å²) in [5.74, 6) is 3.63. The number of carbonyl (C=O) groups is 1. The summed E-state index contributed by atoms with van der Waals surface area (Å²) in [4.78, 5) is 13.1. The number of ether oxygens (including phenoxy) is 1. The minimum atomic E-state index is 0.0297. The molecule has 122 valence electrons. The summed E-state index contributed by atoms with van der Waals surface area (Å²) in [6, 6.07) is 7.73. The van der Waals surface area contributed by atoms with Gasteiger partial charge in [0.1, 0.15) is 17.3 Å². The first kappa shape index (κ1) is 17.4. The topological polar surface area (TPSA) is 26.3 Å². The van der Waals surface area contributed by atoms with Crippen LogP contribution in [-0.2, 0) is 10.9 Å². The first-order valence-electron chi connectivity index (χ1n) is 8.37. The molecule has 0 aromatic heterocycles. The molecule has 0 saturated carbocycles. The van der Waals surface area contributed by atoms with Gasteiger partial charge in [0, 0.05) is 11.0 Å². The van der Waals surface area contributed by atoms with E-state index in [1.807, 2.05) is 24.3 Å². The summed E-state index contributed by atoms with van der Waals surface area (Å²) in [6.07, 6.45) is 3.56. The normalized spacial score (nSPS) is 17.5. The van der Waals surface area contributed by atoms with Gasteiger partial charge in [-0.3, -0.25) is 4.79 Å². The summed E-state index contributed by atoms with van der Waals surface area (Å²) in [5.41, 5.74) is 0.866. The lowest BCUT2D eigenvalue weighted by molar-refractivity contribution is 0.0949. The van der Waals surface area contributed by atoms with Crippen LogP contribution in [0, 0.1) is 5.41 Å². The molecule has 0 amide bonds. The van der Waals surface area contributed by atoms with Crippen LogP contribution >= 0.6 is 0 Å². The molecule has 1 saturated heterocycles. The number of rotatable bonds is 6. The van der Waals surface area contributed by atoms with Crippen LogP contribution in [0.3, 0.4) is 0 Å². The molecular formula is C19H29O2S+. The lowest BCUT2D eigenvalue weighted by Crippen LogP contribution is -2.42. The van der Waals surface area contributed by atoms with Gasteiger partial charge in [0.05, 0.1) is 6.61 Å². The van der Waals surface area contributed by atoms with E-state index >= 15 is 0 Å². The van der Waals surface area contributed by atoms with Crippen molar-refractivity contribution in [2.24, 2.45) is 5.41 Å². The number of ketones is 1. The Morgan fingerprint density at radius 2 is 1.77 bits per heavy atom. The number of carbonyl (C=O) groups excluding carboxylic acids is 1. The van der Waals surface area contributed by atoms with Gasteiger partial charge < -0.3 is 4.74 Å². The number of hydrogen-bond donors (Lipinski definition) is 0. The molecule has 1 aliphatic heterocycles. The summed E-state index contributed by atoms with van der Waals surface area (Å²) in [6.45, 7) is 9.44. The SMILES string of the molecule is CCCOc1ccc(C(=O)C([S+]2CCCC2)C(C)(C)C)cc1. The molecule has 1 fully saturated rings. The van der Waals surface area contributed by atoms with E-state index in [4.69, 9.17) is 4.74 Å². The highest BCUT2D eigenvalue weighted by molar-refractivity contribution is 7.98. The maximum atomic E-state index is 13.1. The molecule has 1 aromatic carbocycles. The third kappa shape index (κ3) is 4.28. The molecule has 3 heteroatoms. The van der Waals surface area contributed by atoms with Crippen molar-refractivity contribution in [3.05, 3.63) is 29.8 Å². The summed E-state index contributed by atoms with van der Waals surface area (Å²) < 4.78 is 5.61. The molecule has 1 aromatic rings. The zero-order valence-electron chi connectivity index (χ0n) is 14.4. The van der Waals surface area contributed by atoms with Crippen LogP contribution in [-0.4, -0.2) is 29.1 Å². The van der Waals surface area contributed by atoms with Gasteiger partial charge in [-0.05, 0) is 54.4 Å². The maximum Gasteiger partial charge on any atom is 0.215 e. The van der Waals surface area contributed by atoms with Crippen molar-refractivity contribution in [3.63, 3.8) is 0 Å². The van der Waals surface area contributed by atoms with Crippen molar-refractivity contribution in [3.8, 4) is 5.75 Å². The van der Waals surface area contributed by atoms with Gasteiger partial charge in [0.25, 0.3) is 0 Å². The second-order valence-electron chi connectivity index (χ2n) is 7.14. The van der Waals surface area contributed by atoms with Crippen molar-refractivity contribution < 1.29 is 9.53 Å². The van der Waals surface area contributed by atoms with E-state index in [1.54, 1.807) is 0 Å². The molecule has 1 aliphatic rings. The third-order valence-electron chi connectivity index (χ3n) is 4.03. The molecule has 0 aliphatic carbocycles. The van der Waals surface area contributed by atoms with Gasteiger partial charge in [0.15, 0.2) is 5.25 Å². The molecule has 0 N–H and O–H groups in total. The first-order valence-corrected chi connectivity index (χ1v) is 9.99. The fourth-order valence-electron chi connectivity index (χ4n) is 3.04. The van der Waals surface area contributed by atoms with Crippen molar-refractivity contribution in [2.75, 3.05) is 18.1 Å². The monoisotopic (exact) mass is 321 g/mol. The minimum Gasteiger partial charge on any atom is -0.494 e. The second-order valence-corrected chi connectivity index (χ2v) is 9.50. The van der Waals surface area contributed by atoms with Gasteiger partial charge in [-0.25, -0.2) is 0 Å². The van der Waals surface area contributed by atoms with E-state index in [0.29, 0.717) is 5.78 Å². The molecule has 1 unspecified atom stereocenters. The van der Waals surface area contributed by atoms with Gasteiger partial charge in [-0.1, -0.05) is 27.7 Å². The van der Waals surface area contributed by atoms with E-state index < -0.39 is 0 Å². The van der Waals surface area contributed by atoms with E-state index in [2.05, 4.69) is 27.7 Å². The average Bonchev–Trinajstić information content (AvgIpc) is 2.98. The Labute approximate surface area is 138 Å². The Hall–Kier alpha value is -0.960. The predicted octanol–water partition coefficient (Wildman–Crippen LogP) is 4.48. The summed E-state index contributed by atoms with van der Waals surface area (Å²) >= 11 is 0. The van der Waals surface area contributed by atoms with E-state index in [-0.39, 0.29) is 21.6 Å². The minimum absolute atomic E-state index is 0.0297.